The highest BCUT2D eigenvalue weighted by atomic mass is 16.5. The maximum Gasteiger partial charge on any atom is 0.300 e. The lowest BCUT2D eigenvalue weighted by Gasteiger charge is -2.25. The zero-order valence-electron chi connectivity index (χ0n) is 19.6. The van der Waals surface area contributed by atoms with Crippen LogP contribution in [0.2, 0.25) is 0 Å². The molecule has 3 aromatic carbocycles. The predicted octanol–water partition coefficient (Wildman–Crippen LogP) is 5.42. The number of carbonyl (C=O) groups excluding carboxylic acids is 2. The topological polar surface area (TPSA) is 76.1 Å². The first-order valence-corrected chi connectivity index (χ1v) is 11.1. The molecule has 0 bridgehead atoms. The van der Waals surface area contributed by atoms with Crippen LogP contribution in [0.4, 0.5) is 5.69 Å². The van der Waals surface area contributed by atoms with Crippen LogP contribution in [0.1, 0.15) is 36.6 Å². The van der Waals surface area contributed by atoms with Crippen molar-refractivity contribution in [2.45, 2.75) is 32.9 Å². The number of aliphatic hydroxyl groups excluding tert-OH is 1. The number of ether oxygens (including phenoxy) is 2. The largest absolute Gasteiger partial charge is 0.507 e. The number of nitrogens with zero attached hydrogens (tertiary/aromatic N) is 1. The number of hydrogen-bond donors (Lipinski definition) is 1. The quantitative estimate of drug-likeness (QED) is 0.304. The first-order valence-electron chi connectivity index (χ1n) is 11.1. The number of ketones is 1. The molecule has 34 heavy (non-hydrogen) atoms. The van der Waals surface area contributed by atoms with Crippen molar-refractivity contribution in [2.24, 2.45) is 0 Å². The van der Waals surface area contributed by atoms with Crippen molar-refractivity contribution in [3.05, 3.63) is 95.1 Å². The van der Waals surface area contributed by atoms with Crippen molar-refractivity contribution < 1.29 is 24.2 Å². The Bertz CT molecular complexity index is 1260. The van der Waals surface area contributed by atoms with Gasteiger partial charge >= 0.3 is 0 Å². The van der Waals surface area contributed by atoms with E-state index in [0.29, 0.717) is 28.3 Å². The molecule has 0 aliphatic carbocycles. The minimum absolute atomic E-state index is 0.00409. The SMILES string of the molecule is COc1cccc(N2C(=O)C(=O)/C(=C(\O)c3ccc(OC(C)C)c(C)c3)C2c2ccccc2)c1. The number of hydrogen-bond acceptors (Lipinski definition) is 5. The van der Waals surface area contributed by atoms with Crippen LogP contribution in [0.15, 0.2) is 78.4 Å². The van der Waals surface area contributed by atoms with Gasteiger partial charge in [-0.25, -0.2) is 0 Å². The Kier molecular flexibility index (Phi) is 6.41. The second-order valence-electron chi connectivity index (χ2n) is 8.43. The Morgan fingerprint density at radius 3 is 2.35 bits per heavy atom. The average Bonchev–Trinajstić information content (AvgIpc) is 3.10. The lowest BCUT2D eigenvalue weighted by molar-refractivity contribution is -0.132. The van der Waals surface area contributed by atoms with Gasteiger partial charge in [0.05, 0.1) is 24.8 Å². The smallest absolute Gasteiger partial charge is 0.300 e. The predicted molar refractivity (Wildman–Crippen MR) is 131 cm³/mol. The van der Waals surface area contributed by atoms with Crippen molar-refractivity contribution >= 4 is 23.1 Å². The van der Waals surface area contributed by atoms with Gasteiger partial charge in [-0.05, 0) is 62.2 Å². The molecule has 6 nitrogen and oxygen atoms in total. The van der Waals surface area contributed by atoms with E-state index in [0.717, 1.165) is 5.56 Å². The van der Waals surface area contributed by atoms with Gasteiger partial charge in [0.2, 0.25) is 0 Å². The van der Waals surface area contributed by atoms with Crippen LogP contribution in [0.3, 0.4) is 0 Å². The van der Waals surface area contributed by atoms with E-state index in [1.54, 1.807) is 42.5 Å². The fourth-order valence-electron chi connectivity index (χ4n) is 4.15. The van der Waals surface area contributed by atoms with Crippen molar-refractivity contribution in [3.63, 3.8) is 0 Å². The zero-order chi connectivity index (χ0) is 24.4. The van der Waals surface area contributed by atoms with Gasteiger partial charge in [0.15, 0.2) is 0 Å². The van der Waals surface area contributed by atoms with Crippen LogP contribution in [0, 0.1) is 6.92 Å². The third kappa shape index (κ3) is 4.27. The van der Waals surface area contributed by atoms with Gasteiger partial charge in [0, 0.05) is 17.3 Å². The number of aliphatic hydroxyl groups is 1. The number of Topliss-reactive ketones (excluding diaryl/α,β-unsaturated/α-hetero) is 1. The van der Waals surface area contributed by atoms with E-state index < -0.39 is 17.7 Å². The maximum absolute atomic E-state index is 13.3. The van der Waals surface area contributed by atoms with Crippen LogP contribution >= 0.6 is 0 Å². The highest BCUT2D eigenvalue weighted by Gasteiger charge is 2.47. The molecule has 1 fully saturated rings. The van der Waals surface area contributed by atoms with Gasteiger partial charge in [-0.15, -0.1) is 0 Å². The number of amides is 1. The zero-order valence-corrected chi connectivity index (χ0v) is 19.6. The minimum Gasteiger partial charge on any atom is -0.507 e. The Balaban J connectivity index is 1.88. The van der Waals surface area contributed by atoms with E-state index in [2.05, 4.69) is 0 Å². The number of carbonyl (C=O) groups is 2. The van der Waals surface area contributed by atoms with E-state index >= 15 is 0 Å². The lowest BCUT2D eigenvalue weighted by atomic mass is 9.94. The fraction of sp³-hybridized carbons (Fsp3) is 0.214. The molecule has 1 saturated heterocycles. The van der Waals surface area contributed by atoms with E-state index in [1.807, 2.05) is 51.1 Å². The summed E-state index contributed by atoms with van der Waals surface area (Å²) < 4.78 is 11.1. The summed E-state index contributed by atoms with van der Waals surface area (Å²) in [4.78, 5) is 27.9. The molecule has 3 aromatic rings. The monoisotopic (exact) mass is 457 g/mol. The Labute approximate surface area is 199 Å². The van der Waals surface area contributed by atoms with Crippen LogP contribution in [-0.4, -0.2) is 30.0 Å². The van der Waals surface area contributed by atoms with Crippen LogP contribution in [0.5, 0.6) is 11.5 Å². The summed E-state index contributed by atoms with van der Waals surface area (Å²) in [5.74, 6) is -0.420. The summed E-state index contributed by atoms with van der Waals surface area (Å²) in [5, 5.41) is 11.3. The molecule has 1 atom stereocenters. The molecular weight excluding hydrogens is 430 g/mol. The Hall–Kier alpha value is -4.06. The van der Waals surface area contributed by atoms with Gasteiger partial charge in [0.25, 0.3) is 11.7 Å². The fourth-order valence-corrected chi connectivity index (χ4v) is 4.15. The molecule has 4 rings (SSSR count). The summed E-state index contributed by atoms with van der Waals surface area (Å²) in [6.45, 7) is 5.75. The first-order chi connectivity index (χ1) is 16.3. The van der Waals surface area contributed by atoms with E-state index in [1.165, 1.54) is 12.0 Å². The Morgan fingerprint density at radius 2 is 1.71 bits per heavy atom. The number of anilines is 1. The molecule has 0 aromatic heterocycles. The lowest BCUT2D eigenvalue weighted by Crippen LogP contribution is -2.29. The standard InChI is InChI=1S/C28H27NO5/c1-17(2)34-23-14-13-20(15-18(23)3)26(30)24-25(19-9-6-5-7-10-19)29(28(32)27(24)31)21-11-8-12-22(16-21)33-4/h5-17,25,30H,1-4H3/b26-24-. The number of methoxy groups -OCH3 is 1. The molecule has 6 heteroatoms. The van der Waals surface area contributed by atoms with Crippen molar-refractivity contribution in [2.75, 3.05) is 12.0 Å². The van der Waals surface area contributed by atoms with Crippen LogP contribution in [0.25, 0.3) is 5.76 Å². The second kappa shape index (κ2) is 9.43. The average molecular weight is 458 g/mol. The normalized spacial score (nSPS) is 17.3. The maximum atomic E-state index is 13.3. The van der Waals surface area contributed by atoms with Gasteiger partial charge in [-0.3, -0.25) is 14.5 Å². The van der Waals surface area contributed by atoms with E-state index in [9.17, 15) is 14.7 Å². The molecule has 1 aliphatic rings. The van der Waals surface area contributed by atoms with Gasteiger partial charge in [-0.2, -0.15) is 0 Å². The van der Waals surface area contributed by atoms with Gasteiger partial charge < -0.3 is 14.6 Å². The molecule has 0 radical (unpaired) electrons. The molecule has 0 spiro atoms. The Morgan fingerprint density at radius 1 is 0.971 bits per heavy atom. The number of benzene rings is 3. The molecule has 0 saturated carbocycles. The van der Waals surface area contributed by atoms with E-state index in [-0.39, 0.29) is 17.4 Å². The van der Waals surface area contributed by atoms with Crippen molar-refractivity contribution in [3.8, 4) is 11.5 Å². The van der Waals surface area contributed by atoms with Crippen molar-refractivity contribution in [1.82, 2.24) is 0 Å². The molecule has 1 unspecified atom stereocenters. The summed E-state index contributed by atoms with van der Waals surface area (Å²) in [6.07, 6.45) is 0.00409. The molecule has 174 valence electrons. The number of aryl methyl sites for hydroxylation is 1. The first kappa shape index (κ1) is 23.1. The third-order valence-electron chi connectivity index (χ3n) is 5.70. The van der Waals surface area contributed by atoms with E-state index in [4.69, 9.17) is 9.47 Å². The van der Waals surface area contributed by atoms with Crippen LogP contribution < -0.4 is 14.4 Å². The molecule has 1 N–H and O–H groups in total. The summed E-state index contributed by atoms with van der Waals surface area (Å²) in [7, 11) is 1.54. The highest BCUT2D eigenvalue weighted by Crippen LogP contribution is 2.43. The second-order valence-corrected chi connectivity index (χ2v) is 8.43. The van der Waals surface area contributed by atoms with Crippen molar-refractivity contribution in [1.29, 1.82) is 0 Å². The molecule has 1 amide bonds. The number of rotatable bonds is 6. The molecular formula is C28H27NO5. The van der Waals surface area contributed by atoms with Gasteiger partial charge in [-0.1, -0.05) is 36.4 Å². The third-order valence-corrected chi connectivity index (χ3v) is 5.70. The summed E-state index contributed by atoms with van der Waals surface area (Å²) in [5.41, 5.74) is 2.51. The minimum atomic E-state index is -0.791. The molecule has 1 aliphatic heterocycles. The summed E-state index contributed by atoms with van der Waals surface area (Å²) in [6, 6.07) is 20.6. The van der Waals surface area contributed by atoms with Gasteiger partial charge in [0.1, 0.15) is 17.3 Å². The van der Waals surface area contributed by atoms with Crippen LogP contribution in [-0.2, 0) is 9.59 Å². The molecule has 1 heterocycles. The summed E-state index contributed by atoms with van der Waals surface area (Å²) >= 11 is 0. The highest BCUT2D eigenvalue weighted by molar-refractivity contribution is 6.51.